The molecule has 100 valence electrons. The molecule has 0 unspecified atom stereocenters. The summed E-state index contributed by atoms with van der Waals surface area (Å²) in [4.78, 5) is 0. The summed E-state index contributed by atoms with van der Waals surface area (Å²) < 4.78 is 20.2. The van der Waals surface area contributed by atoms with Crippen molar-refractivity contribution in [3.63, 3.8) is 0 Å². The minimum atomic E-state index is -0.394. The first-order chi connectivity index (χ1) is 9.11. The van der Waals surface area contributed by atoms with Crippen molar-refractivity contribution in [2.24, 2.45) is 0 Å². The van der Waals surface area contributed by atoms with Crippen LogP contribution in [-0.2, 0) is 6.54 Å². The molecule has 0 aliphatic heterocycles. The van der Waals surface area contributed by atoms with Crippen LogP contribution < -0.4 is 10.1 Å². The highest BCUT2D eigenvalue weighted by molar-refractivity contribution is 9.10. The van der Waals surface area contributed by atoms with Crippen LogP contribution in [0, 0.1) is 5.82 Å². The Morgan fingerprint density at radius 2 is 2.11 bits per heavy atom. The Bertz CT molecular complexity index is 592. The average molecular weight is 345 g/mol. The number of ether oxygens (including phenoxy) is 1. The molecule has 0 saturated heterocycles. The topological polar surface area (TPSA) is 21.3 Å². The smallest absolute Gasteiger partial charge is 0.167 e. The third kappa shape index (κ3) is 3.47. The lowest BCUT2D eigenvalue weighted by Gasteiger charge is -2.13. The van der Waals surface area contributed by atoms with Gasteiger partial charge in [0.1, 0.15) is 5.75 Å². The fourth-order valence-corrected chi connectivity index (χ4v) is 2.43. The Hall–Kier alpha value is -1.10. The number of para-hydroxylation sites is 1. The van der Waals surface area contributed by atoms with Gasteiger partial charge in [0, 0.05) is 17.1 Å². The van der Waals surface area contributed by atoms with Crippen molar-refractivity contribution in [3.8, 4) is 11.5 Å². The summed E-state index contributed by atoms with van der Waals surface area (Å²) in [5, 5.41) is 3.57. The second-order valence-corrected chi connectivity index (χ2v) is 5.23. The number of rotatable bonds is 4. The fraction of sp³-hybridized carbons (Fsp3) is 0.143. The van der Waals surface area contributed by atoms with Crippen LogP contribution in [0.2, 0.25) is 5.02 Å². The first-order valence-electron chi connectivity index (χ1n) is 5.66. The first kappa shape index (κ1) is 14.3. The molecular weight excluding hydrogens is 333 g/mol. The van der Waals surface area contributed by atoms with Crippen LogP contribution in [0.15, 0.2) is 40.9 Å². The third-order valence-electron chi connectivity index (χ3n) is 2.52. The molecule has 0 bridgehead atoms. The van der Waals surface area contributed by atoms with E-state index in [4.69, 9.17) is 16.3 Å². The van der Waals surface area contributed by atoms with Gasteiger partial charge in [0.2, 0.25) is 0 Å². The zero-order chi connectivity index (χ0) is 13.8. The van der Waals surface area contributed by atoms with Crippen molar-refractivity contribution >= 4 is 27.5 Å². The van der Waals surface area contributed by atoms with E-state index in [1.54, 1.807) is 31.3 Å². The van der Waals surface area contributed by atoms with E-state index in [1.807, 2.05) is 6.07 Å². The van der Waals surface area contributed by atoms with Crippen molar-refractivity contribution in [3.05, 3.63) is 57.3 Å². The lowest BCUT2D eigenvalue weighted by atomic mass is 10.2. The van der Waals surface area contributed by atoms with Crippen molar-refractivity contribution in [1.82, 2.24) is 5.32 Å². The van der Waals surface area contributed by atoms with E-state index >= 15 is 0 Å². The Morgan fingerprint density at radius 3 is 2.79 bits per heavy atom. The fourth-order valence-electron chi connectivity index (χ4n) is 1.67. The van der Waals surface area contributed by atoms with Gasteiger partial charge in [-0.25, -0.2) is 4.39 Å². The lowest BCUT2D eigenvalue weighted by Crippen LogP contribution is -2.07. The maximum Gasteiger partial charge on any atom is 0.167 e. The average Bonchev–Trinajstić information content (AvgIpc) is 2.36. The molecule has 19 heavy (non-hydrogen) atoms. The molecule has 0 fully saturated rings. The second kappa shape index (κ2) is 6.37. The van der Waals surface area contributed by atoms with Crippen LogP contribution >= 0.6 is 27.5 Å². The molecule has 0 atom stereocenters. The van der Waals surface area contributed by atoms with Gasteiger partial charge in [-0.3, -0.25) is 0 Å². The van der Waals surface area contributed by atoms with Crippen LogP contribution in [0.25, 0.3) is 0 Å². The largest absolute Gasteiger partial charge is 0.453 e. The molecule has 2 nitrogen and oxygen atoms in total. The maximum absolute atomic E-state index is 13.9. The highest BCUT2D eigenvalue weighted by atomic mass is 79.9. The summed E-state index contributed by atoms with van der Waals surface area (Å²) in [6.45, 7) is 0.526. The summed E-state index contributed by atoms with van der Waals surface area (Å²) in [5.74, 6) is 0.348. The summed E-state index contributed by atoms with van der Waals surface area (Å²) in [7, 11) is 1.80. The predicted molar refractivity (Wildman–Crippen MR) is 78.4 cm³/mol. The molecule has 2 aromatic carbocycles. The van der Waals surface area contributed by atoms with Crippen molar-refractivity contribution < 1.29 is 9.13 Å². The molecule has 0 saturated carbocycles. The van der Waals surface area contributed by atoms with E-state index in [2.05, 4.69) is 21.2 Å². The van der Waals surface area contributed by atoms with Gasteiger partial charge < -0.3 is 10.1 Å². The lowest BCUT2D eigenvalue weighted by molar-refractivity contribution is 0.432. The van der Waals surface area contributed by atoms with Crippen LogP contribution in [-0.4, -0.2) is 7.05 Å². The molecular formula is C14H12BrClFNO. The zero-order valence-electron chi connectivity index (χ0n) is 10.2. The SMILES string of the molecule is CNCc1cccc(F)c1Oc1ccc(Cl)cc1Br. The molecule has 0 aliphatic rings. The number of hydrogen-bond acceptors (Lipinski definition) is 2. The zero-order valence-corrected chi connectivity index (χ0v) is 12.6. The van der Waals surface area contributed by atoms with E-state index < -0.39 is 5.82 Å². The Kier molecular flexibility index (Phi) is 4.80. The Morgan fingerprint density at radius 1 is 1.32 bits per heavy atom. The van der Waals surface area contributed by atoms with Gasteiger partial charge in [0.15, 0.2) is 11.6 Å². The summed E-state index contributed by atoms with van der Waals surface area (Å²) >= 11 is 9.21. The summed E-state index contributed by atoms with van der Waals surface area (Å²) in [6, 6.07) is 9.94. The van der Waals surface area contributed by atoms with Gasteiger partial charge >= 0.3 is 0 Å². The standard InChI is InChI=1S/C14H12BrClFNO/c1-18-8-9-3-2-4-12(17)14(9)19-13-6-5-10(16)7-11(13)15/h2-7,18H,8H2,1H3. The van der Waals surface area contributed by atoms with Gasteiger partial charge in [-0.15, -0.1) is 0 Å². The highest BCUT2D eigenvalue weighted by Crippen LogP contribution is 2.34. The molecule has 0 radical (unpaired) electrons. The minimum Gasteiger partial charge on any atom is -0.453 e. The number of halogens is 3. The van der Waals surface area contributed by atoms with Gasteiger partial charge in [0.05, 0.1) is 4.47 Å². The highest BCUT2D eigenvalue weighted by Gasteiger charge is 2.12. The third-order valence-corrected chi connectivity index (χ3v) is 3.38. The van der Waals surface area contributed by atoms with Gasteiger partial charge in [-0.05, 0) is 47.2 Å². The number of hydrogen-bond donors (Lipinski definition) is 1. The molecule has 0 amide bonds. The number of nitrogens with one attached hydrogen (secondary N) is 1. The minimum absolute atomic E-state index is 0.222. The van der Waals surface area contributed by atoms with E-state index in [1.165, 1.54) is 6.07 Å². The Labute approximate surface area is 124 Å². The second-order valence-electron chi connectivity index (χ2n) is 3.94. The maximum atomic E-state index is 13.9. The normalized spacial score (nSPS) is 10.5. The van der Waals surface area contributed by atoms with Crippen LogP contribution in [0.3, 0.4) is 0 Å². The van der Waals surface area contributed by atoms with Gasteiger partial charge in [-0.2, -0.15) is 0 Å². The van der Waals surface area contributed by atoms with Crippen LogP contribution in [0.4, 0.5) is 4.39 Å². The van der Waals surface area contributed by atoms with Gasteiger partial charge in [0.25, 0.3) is 0 Å². The van der Waals surface area contributed by atoms with Crippen LogP contribution in [0.5, 0.6) is 11.5 Å². The quantitative estimate of drug-likeness (QED) is 0.864. The van der Waals surface area contributed by atoms with Crippen LogP contribution in [0.1, 0.15) is 5.56 Å². The number of benzene rings is 2. The molecule has 0 aliphatic carbocycles. The monoisotopic (exact) mass is 343 g/mol. The molecule has 0 aromatic heterocycles. The predicted octanol–water partition coefficient (Wildman–Crippen LogP) is 4.75. The first-order valence-corrected chi connectivity index (χ1v) is 6.84. The van der Waals surface area contributed by atoms with E-state index in [-0.39, 0.29) is 5.75 Å². The van der Waals surface area contributed by atoms with Crippen molar-refractivity contribution in [1.29, 1.82) is 0 Å². The van der Waals surface area contributed by atoms with Crippen molar-refractivity contribution in [2.75, 3.05) is 7.05 Å². The van der Waals surface area contributed by atoms with E-state index in [0.717, 1.165) is 5.56 Å². The summed E-state index contributed by atoms with van der Waals surface area (Å²) in [6.07, 6.45) is 0. The van der Waals surface area contributed by atoms with Gasteiger partial charge in [-0.1, -0.05) is 23.7 Å². The van der Waals surface area contributed by atoms with E-state index in [0.29, 0.717) is 21.8 Å². The molecule has 5 heteroatoms. The van der Waals surface area contributed by atoms with E-state index in [9.17, 15) is 4.39 Å². The molecule has 0 heterocycles. The Balaban J connectivity index is 2.37. The molecule has 2 rings (SSSR count). The summed E-state index contributed by atoms with van der Waals surface area (Å²) in [5.41, 5.74) is 0.754. The molecule has 1 N–H and O–H groups in total. The molecule has 2 aromatic rings. The molecule has 0 spiro atoms. The van der Waals surface area contributed by atoms with Crippen molar-refractivity contribution in [2.45, 2.75) is 6.54 Å².